The third-order valence-corrected chi connectivity index (χ3v) is 2.91. The van der Waals surface area contributed by atoms with E-state index in [0.29, 0.717) is 5.56 Å². The van der Waals surface area contributed by atoms with Crippen molar-refractivity contribution in [2.75, 3.05) is 5.32 Å². The molecular weight excluding hydrogens is 235 g/mol. The van der Waals surface area contributed by atoms with E-state index in [9.17, 15) is 14.5 Å². The molecule has 1 N–H and O–H groups in total. The second-order valence-electron chi connectivity index (χ2n) is 4.56. The summed E-state index contributed by atoms with van der Waals surface area (Å²) in [4.78, 5) is 10.3. The predicted molar refractivity (Wildman–Crippen MR) is 70.4 cm³/mol. The first-order valence-electron chi connectivity index (χ1n) is 6.14. The molecular formula is C13H19FN2O2. The maximum Gasteiger partial charge on any atom is 0.292 e. The Morgan fingerprint density at radius 1 is 1.39 bits per heavy atom. The van der Waals surface area contributed by atoms with Crippen LogP contribution in [-0.4, -0.2) is 10.5 Å². The molecule has 1 fully saturated rings. The molecule has 1 aromatic carbocycles. The van der Waals surface area contributed by atoms with Crippen LogP contribution in [0.15, 0.2) is 12.1 Å². The number of hydrogen-bond donors (Lipinski definition) is 1. The maximum atomic E-state index is 13.4. The summed E-state index contributed by atoms with van der Waals surface area (Å²) >= 11 is 0. The third kappa shape index (κ3) is 3.18. The van der Waals surface area contributed by atoms with Gasteiger partial charge in [0.2, 0.25) is 0 Å². The van der Waals surface area contributed by atoms with Gasteiger partial charge in [0.05, 0.1) is 4.92 Å². The molecule has 5 heteroatoms. The molecule has 0 heterocycles. The molecule has 4 nitrogen and oxygen atoms in total. The Hall–Kier alpha value is -1.65. The second-order valence-corrected chi connectivity index (χ2v) is 4.56. The Balaban J connectivity index is 0.000000771. The van der Waals surface area contributed by atoms with Gasteiger partial charge in [0.25, 0.3) is 5.69 Å². The smallest absolute Gasteiger partial charge is 0.292 e. The van der Waals surface area contributed by atoms with Gasteiger partial charge in [-0.2, -0.15) is 0 Å². The van der Waals surface area contributed by atoms with E-state index in [1.807, 2.05) is 20.8 Å². The van der Waals surface area contributed by atoms with Crippen LogP contribution in [0.5, 0.6) is 0 Å². The average Bonchev–Trinajstić information content (AvgIpc) is 3.03. The minimum atomic E-state index is -0.486. The first-order chi connectivity index (χ1) is 8.41. The van der Waals surface area contributed by atoms with Crippen molar-refractivity contribution in [3.05, 3.63) is 33.6 Å². The lowest BCUT2D eigenvalue weighted by Crippen LogP contribution is -2.17. The number of nitro groups is 1. The molecule has 2 rings (SSSR count). The Bertz CT molecular complexity index is 457. The van der Waals surface area contributed by atoms with Gasteiger partial charge in [0.1, 0.15) is 11.5 Å². The number of nitrogens with zero attached hydrogens (tertiary/aromatic N) is 1. The van der Waals surface area contributed by atoms with Crippen LogP contribution < -0.4 is 5.32 Å². The highest BCUT2D eigenvalue weighted by Gasteiger charge is 2.38. The number of benzene rings is 1. The monoisotopic (exact) mass is 254 g/mol. The van der Waals surface area contributed by atoms with Crippen LogP contribution in [0.4, 0.5) is 15.8 Å². The molecule has 1 aliphatic rings. The zero-order chi connectivity index (χ0) is 13.9. The van der Waals surface area contributed by atoms with E-state index in [1.165, 1.54) is 19.1 Å². The van der Waals surface area contributed by atoms with E-state index in [4.69, 9.17) is 0 Å². The normalized spacial score (nSPS) is 15.4. The summed E-state index contributed by atoms with van der Waals surface area (Å²) in [5.41, 5.74) is 0.394. The molecule has 0 bridgehead atoms. The molecule has 0 aromatic heterocycles. The van der Waals surface area contributed by atoms with Crippen molar-refractivity contribution < 1.29 is 9.31 Å². The molecule has 0 atom stereocenters. The van der Waals surface area contributed by atoms with Gasteiger partial charge in [-0.1, -0.05) is 13.8 Å². The molecule has 0 saturated heterocycles. The van der Waals surface area contributed by atoms with E-state index in [2.05, 4.69) is 5.32 Å². The highest BCUT2D eigenvalue weighted by molar-refractivity contribution is 5.64. The minimum Gasteiger partial charge on any atom is -0.374 e. The number of nitrogens with one attached hydrogen (secondary N) is 1. The van der Waals surface area contributed by atoms with Crippen LogP contribution in [0.2, 0.25) is 0 Å². The van der Waals surface area contributed by atoms with E-state index in [-0.39, 0.29) is 16.9 Å². The highest BCUT2D eigenvalue weighted by Crippen LogP contribution is 2.40. The molecule has 1 saturated carbocycles. The zero-order valence-electron chi connectivity index (χ0n) is 11.2. The second kappa shape index (κ2) is 5.33. The third-order valence-electron chi connectivity index (χ3n) is 2.91. The average molecular weight is 254 g/mol. The molecule has 18 heavy (non-hydrogen) atoms. The largest absolute Gasteiger partial charge is 0.374 e. The maximum absolute atomic E-state index is 13.4. The zero-order valence-corrected chi connectivity index (χ0v) is 11.2. The van der Waals surface area contributed by atoms with Gasteiger partial charge < -0.3 is 5.32 Å². The van der Waals surface area contributed by atoms with Crippen LogP contribution in [0.3, 0.4) is 0 Å². The van der Waals surface area contributed by atoms with Crippen molar-refractivity contribution in [1.29, 1.82) is 0 Å². The van der Waals surface area contributed by atoms with Gasteiger partial charge in [-0.25, -0.2) is 4.39 Å². The fraction of sp³-hybridized carbons (Fsp3) is 0.538. The van der Waals surface area contributed by atoms with Crippen molar-refractivity contribution in [3.8, 4) is 0 Å². The molecule has 0 spiro atoms. The van der Waals surface area contributed by atoms with E-state index < -0.39 is 10.7 Å². The molecule has 1 aliphatic carbocycles. The van der Waals surface area contributed by atoms with Crippen LogP contribution in [0, 0.1) is 22.9 Å². The Morgan fingerprint density at radius 3 is 2.39 bits per heavy atom. The van der Waals surface area contributed by atoms with Crippen molar-refractivity contribution in [2.45, 2.75) is 46.1 Å². The van der Waals surface area contributed by atoms with E-state index in [1.54, 1.807) is 0 Å². The van der Waals surface area contributed by atoms with Gasteiger partial charge in [0.15, 0.2) is 0 Å². The quantitative estimate of drug-likeness (QED) is 0.654. The first kappa shape index (κ1) is 14.4. The van der Waals surface area contributed by atoms with Crippen LogP contribution >= 0.6 is 0 Å². The molecule has 0 radical (unpaired) electrons. The first-order valence-corrected chi connectivity index (χ1v) is 6.14. The molecule has 0 aliphatic heterocycles. The molecule has 1 aromatic rings. The highest BCUT2D eigenvalue weighted by atomic mass is 19.1. The fourth-order valence-electron chi connectivity index (χ4n) is 1.56. The molecule has 100 valence electrons. The summed E-state index contributed by atoms with van der Waals surface area (Å²) in [6.45, 7) is 7.49. The minimum absolute atomic E-state index is 0.0629. The lowest BCUT2D eigenvalue weighted by molar-refractivity contribution is -0.384. The molecule has 0 unspecified atom stereocenters. The summed E-state index contributed by atoms with van der Waals surface area (Å²) in [6.07, 6.45) is 1.92. The standard InChI is InChI=1S/C11H13FN2O2.C2H6/c1-7-5-10(14(15)16)9(6-8(7)12)13-11(2)3-4-11;1-2/h5-6,13H,3-4H2,1-2H3;1-2H3. The van der Waals surface area contributed by atoms with Gasteiger partial charge in [-0.05, 0) is 32.3 Å². The summed E-state index contributed by atoms with van der Waals surface area (Å²) in [5, 5.41) is 13.9. The summed E-state index contributed by atoms with van der Waals surface area (Å²) < 4.78 is 13.4. The van der Waals surface area contributed by atoms with Crippen LogP contribution in [-0.2, 0) is 0 Å². The Kier molecular flexibility index (Phi) is 4.27. The number of rotatable bonds is 3. The van der Waals surface area contributed by atoms with Crippen molar-refractivity contribution in [2.24, 2.45) is 0 Å². The van der Waals surface area contributed by atoms with Crippen LogP contribution in [0.1, 0.15) is 39.2 Å². The Labute approximate surface area is 106 Å². The number of hydrogen-bond acceptors (Lipinski definition) is 3. The van der Waals surface area contributed by atoms with Crippen LogP contribution in [0.25, 0.3) is 0 Å². The lowest BCUT2D eigenvalue weighted by atomic mass is 10.1. The molecule has 0 amide bonds. The SMILES string of the molecule is CC.Cc1cc([N+](=O)[O-])c(NC2(C)CC2)cc1F. The van der Waals surface area contributed by atoms with Gasteiger partial charge in [0, 0.05) is 17.7 Å². The predicted octanol–water partition coefficient (Wildman–Crippen LogP) is 4.03. The van der Waals surface area contributed by atoms with E-state index >= 15 is 0 Å². The number of anilines is 1. The van der Waals surface area contributed by atoms with Crippen molar-refractivity contribution in [1.82, 2.24) is 0 Å². The summed E-state index contributed by atoms with van der Waals surface area (Å²) in [6, 6.07) is 2.47. The van der Waals surface area contributed by atoms with Crippen molar-refractivity contribution in [3.63, 3.8) is 0 Å². The number of aryl methyl sites for hydroxylation is 1. The lowest BCUT2D eigenvalue weighted by Gasteiger charge is -2.13. The topological polar surface area (TPSA) is 55.2 Å². The Morgan fingerprint density at radius 2 is 1.94 bits per heavy atom. The summed E-state index contributed by atoms with van der Waals surface area (Å²) in [5.74, 6) is -0.419. The van der Waals surface area contributed by atoms with E-state index in [0.717, 1.165) is 12.8 Å². The summed E-state index contributed by atoms with van der Waals surface area (Å²) in [7, 11) is 0. The number of halogens is 1. The van der Waals surface area contributed by atoms with Gasteiger partial charge >= 0.3 is 0 Å². The van der Waals surface area contributed by atoms with Gasteiger partial charge in [-0.3, -0.25) is 10.1 Å². The fourth-order valence-corrected chi connectivity index (χ4v) is 1.56. The van der Waals surface area contributed by atoms with Gasteiger partial charge in [-0.15, -0.1) is 0 Å². The van der Waals surface area contributed by atoms with Crippen molar-refractivity contribution >= 4 is 11.4 Å². The number of nitro benzene ring substituents is 1.